The number of esters is 1. The van der Waals surface area contributed by atoms with Crippen molar-refractivity contribution in [3.63, 3.8) is 0 Å². The monoisotopic (exact) mass is 476 g/mol. The Labute approximate surface area is 193 Å². The van der Waals surface area contributed by atoms with Crippen LogP contribution in [0.3, 0.4) is 0 Å². The number of aromatic nitrogens is 2. The fourth-order valence-corrected chi connectivity index (χ4v) is 3.96. The van der Waals surface area contributed by atoms with Gasteiger partial charge < -0.3 is 10.1 Å². The van der Waals surface area contributed by atoms with Crippen LogP contribution < -0.4 is 5.32 Å². The number of aryl methyl sites for hydroxylation is 1. The number of amides is 3. The van der Waals surface area contributed by atoms with Crippen LogP contribution in [0.4, 0.5) is 4.79 Å². The van der Waals surface area contributed by atoms with Gasteiger partial charge in [-0.2, -0.15) is 5.10 Å². The molecule has 3 amide bonds. The number of thioether (sulfide) groups is 1. The summed E-state index contributed by atoms with van der Waals surface area (Å²) in [6.07, 6.45) is 2.67. The van der Waals surface area contributed by atoms with Crippen LogP contribution in [0, 0.1) is 6.92 Å². The van der Waals surface area contributed by atoms with E-state index in [0.29, 0.717) is 23.0 Å². The van der Waals surface area contributed by atoms with Gasteiger partial charge in [-0.3, -0.25) is 19.3 Å². The molecule has 0 radical (unpaired) electrons. The third-order valence-electron chi connectivity index (χ3n) is 4.51. The van der Waals surface area contributed by atoms with Gasteiger partial charge >= 0.3 is 5.97 Å². The third kappa shape index (κ3) is 6.21. The Kier molecular flexibility index (Phi) is 8.07. The van der Waals surface area contributed by atoms with Gasteiger partial charge in [0.2, 0.25) is 5.91 Å². The Morgan fingerprint density at radius 3 is 2.72 bits per heavy atom. The van der Waals surface area contributed by atoms with Gasteiger partial charge in [0, 0.05) is 24.7 Å². The maximum atomic E-state index is 12.0. The summed E-state index contributed by atoms with van der Waals surface area (Å²) in [4.78, 5) is 47.8. The molecule has 9 nitrogen and oxygen atoms in total. The maximum absolute atomic E-state index is 12.0. The largest absolute Gasteiger partial charge is 0.452 e. The standard InChI is InChI=1S/C21H21ClN4O5S/c1-14-16(20(22)26(24-14)11-15-5-3-2-4-6-15)7-8-19(29)31-12-17(27)23-9-10-25-18(28)13-32-21(25)30/h2-8H,9-13H2,1H3,(H,23,27). The highest BCUT2D eigenvalue weighted by Gasteiger charge is 2.29. The van der Waals surface area contributed by atoms with E-state index in [1.807, 2.05) is 30.3 Å². The highest BCUT2D eigenvalue weighted by molar-refractivity contribution is 8.14. The molecule has 0 spiro atoms. The van der Waals surface area contributed by atoms with Gasteiger partial charge in [-0.1, -0.05) is 53.7 Å². The predicted octanol–water partition coefficient (Wildman–Crippen LogP) is 2.26. The number of halogens is 1. The second-order valence-electron chi connectivity index (χ2n) is 6.82. The van der Waals surface area contributed by atoms with E-state index < -0.39 is 18.5 Å². The highest BCUT2D eigenvalue weighted by atomic mass is 35.5. The summed E-state index contributed by atoms with van der Waals surface area (Å²) >= 11 is 7.33. The van der Waals surface area contributed by atoms with Gasteiger partial charge in [-0.05, 0) is 18.6 Å². The van der Waals surface area contributed by atoms with Crippen LogP contribution in [0.25, 0.3) is 6.08 Å². The van der Waals surface area contributed by atoms with Crippen molar-refractivity contribution >= 4 is 52.5 Å². The Hall–Kier alpha value is -3.11. The first-order chi connectivity index (χ1) is 15.3. The lowest BCUT2D eigenvalue weighted by Crippen LogP contribution is -2.38. The van der Waals surface area contributed by atoms with Crippen molar-refractivity contribution in [2.75, 3.05) is 25.4 Å². The molecule has 1 aliphatic rings. The molecule has 0 bridgehead atoms. The molecule has 1 fully saturated rings. The van der Waals surface area contributed by atoms with Crippen molar-refractivity contribution < 1.29 is 23.9 Å². The fraction of sp³-hybridized carbons (Fsp3) is 0.286. The zero-order chi connectivity index (χ0) is 23.1. The second-order valence-corrected chi connectivity index (χ2v) is 8.11. The van der Waals surface area contributed by atoms with Crippen LogP contribution in [0.5, 0.6) is 0 Å². The molecule has 0 atom stereocenters. The SMILES string of the molecule is Cc1nn(Cc2ccccc2)c(Cl)c1C=CC(=O)OCC(=O)NCCN1C(=O)CSC1=O. The first-order valence-electron chi connectivity index (χ1n) is 9.70. The van der Waals surface area contributed by atoms with Crippen LogP contribution in [0.1, 0.15) is 16.8 Å². The van der Waals surface area contributed by atoms with Crippen molar-refractivity contribution in [3.05, 3.63) is 58.4 Å². The number of hydrogen-bond donors (Lipinski definition) is 1. The molecule has 11 heteroatoms. The smallest absolute Gasteiger partial charge is 0.331 e. The highest BCUT2D eigenvalue weighted by Crippen LogP contribution is 2.22. The molecule has 0 saturated carbocycles. The molecular formula is C21H21ClN4O5S. The van der Waals surface area contributed by atoms with E-state index in [4.69, 9.17) is 16.3 Å². The molecule has 1 N–H and O–H groups in total. The number of nitrogens with one attached hydrogen (secondary N) is 1. The number of carbonyl (C=O) groups excluding carboxylic acids is 4. The van der Waals surface area contributed by atoms with Gasteiger partial charge in [0.15, 0.2) is 6.61 Å². The Bertz CT molecular complexity index is 1040. The van der Waals surface area contributed by atoms with E-state index in [1.165, 1.54) is 12.2 Å². The topological polar surface area (TPSA) is 111 Å². The minimum absolute atomic E-state index is 0.0784. The lowest BCUT2D eigenvalue weighted by molar-refractivity contribution is -0.143. The average molecular weight is 477 g/mol. The average Bonchev–Trinajstić information content (AvgIpc) is 3.23. The van der Waals surface area contributed by atoms with Crippen molar-refractivity contribution in [2.24, 2.45) is 0 Å². The number of nitrogens with zero attached hydrogens (tertiary/aromatic N) is 3. The van der Waals surface area contributed by atoms with E-state index in [1.54, 1.807) is 11.6 Å². The second kappa shape index (κ2) is 11.0. The van der Waals surface area contributed by atoms with Crippen LogP contribution in [0.15, 0.2) is 36.4 Å². The summed E-state index contributed by atoms with van der Waals surface area (Å²) in [6, 6.07) is 9.71. The summed E-state index contributed by atoms with van der Waals surface area (Å²) in [7, 11) is 0. The van der Waals surface area contributed by atoms with Gasteiger partial charge in [0.25, 0.3) is 11.1 Å². The zero-order valence-electron chi connectivity index (χ0n) is 17.2. The lowest BCUT2D eigenvalue weighted by Gasteiger charge is -2.12. The van der Waals surface area contributed by atoms with Crippen molar-refractivity contribution in [1.82, 2.24) is 20.0 Å². The van der Waals surface area contributed by atoms with Crippen LogP contribution >= 0.6 is 23.4 Å². The van der Waals surface area contributed by atoms with E-state index in [9.17, 15) is 19.2 Å². The summed E-state index contributed by atoms with van der Waals surface area (Å²) in [5.41, 5.74) is 2.27. The normalized spacial score (nSPS) is 13.8. The molecule has 3 rings (SSSR count). The zero-order valence-corrected chi connectivity index (χ0v) is 18.8. The number of rotatable bonds is 9. The molecule has 32 heavy (non-hydrogen) atoms. The Morgan fingerprint density at radius 1 is 1.28 bits per heavy atom. The molecule has 0 aliphatic carbocycles. The molecule has 1 aliphatic heterocycles. The number of hydrogen-bond acceptors (Lipinski definition) is 7. The first kappa shape index (κ1) is 23.6. The quantitative estimate of drug-likeness (QED) is 0.436. The van der Waals surface area contributed by atoms with Gasteiger partial charge in [0.05, 0.1) is 18.0 Å². The maximum Gasteiger partial charge on any atom is 0.331 e. The van der Waals surface area contributed by atoms with E-state index in [0.717, 1.165) is 22.2 Å². The fourth-order valence-electron chi connectivity index (χ4n) is 2.91. The molecule has 1 aromatic heterocycles. The Balaban J connectivity index is 1.45. The number of ether oxygens (including phenoxy) is 1. The van der Waals surface area contributed by atoms with Crippen molar-refractivity contribution in [1.29, 1.82) is 0 Å². The van der Waals surface area contributed by atoms with Gasteiger partial charge in [-0.15, -0.1) is 0 Å². The van der Waals surface area contributed by atoms with Crippen molar-refractivity contribution in [2.45, 2.75) is 13.5 Å². The third-order valence-corrected chi connectivity index (χ3v) is 5.77. The predicted molar refractivity (Wildman–Crippen MR) is 120 cm³/mol. The summed E-state index contributed by atoms with van der Waals surface area (Å²) in [6.45, 7) is 1.95. The molecule has 2 aromatic rings. The van der Waals surface area contributed by atoms with Crippen molar-refractivity contribution in [3.8, 4) is 0 Å². The van der Waals surface area contributed by atoms with Gasteiger partial charge in [0.1, 0.15) is 5.15 Å². The summed E-state index contributed by atoms with van der Waals surface area (Å²) in [5.74, 6) is -1.42. The number of imide groups is 1. The van der Waals surface area contributed by atoms with E-state index in [-0.39, 0.29) is 30.0 Å². The molecule has 0 unspecified atom stereocenters. The summed E-state index contributed by atoms with van der Waals surface area (Å²) < 4.78 is 6.55. The number of benzene rings is 1. The minimum atomic E-state index is -0.715. The molecule has 2 heterocycles. The Morgan fingerprint density at radius 2 is 2.03 bits per heavy atom. The lowest BCUT2D eigenvalue weighted by atomic mass is 10.2. The van der Waals surface area contributed by atoms with Crippen LogP contribution in [-0.4, -0.2) is 63.2 Å². The van der Waals surface area contributed by atoms with Crippen LogP contribution in [-0.2, 0) is 25.7 Å². The molecule has 1 saturated heterocycles. The molecule has 168 valence electrons. The minimum Gasteiger partial charge on any atom is -0.452 e. The van der Waals surface area contributed by atoms with Crippen LogP contribution in [0.2, 0.25) is 5.15 Å². The summed E-state index contributed by atoms with van der Waals surface area (Å²) in [5, 5.41) is 6.95. The number of carbonyl (C=O) groups is 4. The van der Waals surface area contributed by atoms with Gasteiger partial charge in [-0.25, -0.2) is 9.48 Å². The first-order valence-corrected chi connectivity index (χ1v) is 11.1. The molecule has 1 aromatic carbocycles. The van der Waals surface area contributed by atoms with E-state index in [2.05, 4.69) is 10.4 Å². The molecular weight excluding hydrogens is 456 g/mol. The van der Waals surface area contributed by atoms with E-state index >= 15 is 0 Å².